The molecular formula is C25H29ClFN3O3S. The fourth-order valence-corrected chi connectivity index (χ4v) is 6.67. The van der Waals surface area contributed by atoms with Gasteiger partial charge in [0.15, 0.2) is 0 Å². The number of benzene rings is 2. The number of nitrogens with one attached hydrogen (secondary N) is 1. The minimum Gasteiger partial charge on any atom is -0.471 e. The predicted molar refractivity (Wildman–Crippen MR) is 131 cm³/mol. The molecule has 0 spiro atoms. The number of methoxy groups -OCH3 is 1. The Morgan fingerprint density at radius 2 is 1.85 bits per heavy atom. The number of hydrogen-bond acceptors (Lipinski definition) is 5. The molecule has 0 radical (unpaired) electrons. The molecule has 0 aromatic heterocycles. The van der Waals surface area contributed by atoms with Crippen molar-refractivity contribution in [1.29, 1.82) is 0 Å². The van der Waals surface area contributed by atoms with Gasteiger partial charge in [0, 0.05) is 17.5 Å². The van der Waals surface area contributed by atoms with Gasteiger partial charge in [-0.2, -0.15) is 0 Å². The predicted octanol–water partition coefficient (Wildman–Crippen LogP) is 4.50. The number of nitrogens with zero attached hydrogens (tertiary/aromatic N) is 2. The average molecular weight is 506 g/mol. The van der Waals surface area contributed by atoms with Crippen molar-refractivity contribution in [3.8, 4) is 0 Å². The Kier molecular flexibility index (Phi) is 6.86. The molecule has 182 valence electrons. The van der Waals surface area contributed by atoms with Crippen molar-refractivity contribution in [3.63, 3.8) is 0 Å². The first kappa shape index (κ1) is 24.8. The molecule has 6 rings (SSSR count). The lowest BCUT2D eigenvalue weighted by Gasteiger charge is -2.73. The number of halogens is 2. The zero-order valence-electron chi connectivity index (χ0n) is 19.5. The summed E-state index contributed by atoms with van der Waals surface area (Å²) in [5, 5.41) is 3.69. The summed E-state index contributed by atoms with van der Waals surface area (Å²) in [4.78, 5) is 14.5. The maximum absolute atomic E-state index is 14.0. The Labute approximate surface area is 207 Å². The average Bonchev–Trinajstić information content (AvgIpc) is 3.13. The van der Waals surface area contributed by atoms with Crippen molar-refractivity contribution in [3.05, 3.63) is 64.9 Å². The number of aliphatic imine (C=N–C) groups is 1. The highest BCUT2D eigenvalue weighted by atomic mass is 35.5. The van der Waals surface area contributed by atoms with Crippen LogP contribution in [0.2, 0.25) is 5.02 Å². The van der Waals surface area contributed by atoms with E-state index in [1.165, 1.54) is 13.2 Å². The second-order valence-corrected chi connectivity index (χ2v) is 11.7. The number of ether oxygens (including phenoxy) is 1. The quantitative estimate of drug-likeness (QED) is 0.562. The molecule has 2 bridgehead atoms. The van der Waals surface area contributed by atoms with E-state index >= 15 is 0 Å². The maximum Gasteiger partial charge on any atom is 0.292 e. The van der Waals surface area contributed by atoms with Crippen molar-refractivity contribution in [2.45, 2.75) is 55.6 Å². The molecule has 1 N–H and O–H groups in total. The lowest BCUT2D eigenvalue weighted by atomic mass is 9.38. The molecule has 3 aliphatic carbocycles. The molecule has 4 aliphatic rings. The van der Waals surface area contributed by atoms with Crippen molar-refractivity contribution < 1.29 is 18.1 Å². The Bertz CT molecular complexity index is 1110. The molecule has 0 saturated heterocycles. The fraction of sp³-hybridized carbons (Fsp3) is 0.440. The molecule has 3 fully saturated rings. The molecule has 2 aromatic carbocycles. The van der Waals surface area contributed by atoms with Gasteiger partial charge >= 0.3 is 0 Å². The van der Waals surface area contributed by atoms with Gasteiger partial charge in [-0.05, 0) is 62.9 Å². The third-order valence-corrected chi connectivity index (χ3v) is 8.57. The third-order valence-electron chi connectivity index (χ3n) is 6.67. The largest absolute Gasteiger partial charge is 0.471 e. The molecule has 1 heterocycles. The monoisotopic (exact) mass is 505 g/mol. The van der Waals surface area contributed by atoms with Crippen LogP contribution in [0.15, 0.2) is 58.4 Å². The summed E-state index contributed by atoms with van der Waals surface area (Å²) >= 11 is 5.86. The second-order valence-electron chi connectivity index (χ2n) is 9.89. The van der Waals surface area contributed by atoms with E-state index in [9.17, 15) is 8.60 Å². The molecule has 34 heavy (non-hydrogen) atoms. The highest BCUT2D eigenvalue weighted by Crippen LogP contribution is 2.71. The van der Waals surface area contributed by atoms with Gasteiger partial charge in [-0.15, -0.1) is 0 Å². The fourth-order valence-electron chi connectivity index (χ4n) is 5.10. The first-order chi connectivity index (χ1) is 16.1. The van der Waals surface area contributed by atoms with Crippen LogP contribution in [0.3, 0.4) is 0 Å². The van der Waals surface area contributed by atoms with E-state index in [-0.39, 0.29) is 21.5 Å². The van der Waals surface area contributed by atoms with Gasteiger partial charge in [-0.25, -0.2) is 12.9 Å². The van der Waals surface area contributed by atoms with E-state index in [0.717, 1.165) is 42.1 Å². The number of carbonyl (C=O) groups is 1. The lowest BCUT2D eigenvalue weighted by Crippen LogP contribution is -2.78. The summed E-state index contributed by atoms with van der Waals surface area (Å²) in [7, 11) is -0.0188. The van der Waals surface area contributed by atoms with Gasteiger partial charge in [-0.3, -0.25) is 9.79 Å². The summed E-state index contributed by atoms with van der Waals surface area (Å²) in [5.74, 6) is 0.665. The molecule has 9 heteroatoms. The van der Waals surface area contributed by atoms with Crippen LogP contribution in [0.1, 0.15) is 38.7 Å². The third kappa shape index (κ3) is 4.63. The van der Waals surface area contributed by atoms with Crippen molar-refractivity contribution in [2.75, 3.05) is 13.7 Å². The summed E-state index contributed by atoms with van der Waals surface area (Å²) in [6, 6.07) is 14.3. The van der Waals surface area contributed by atoms with Gasteiger partial charge in [-0.1, -0.05) is 35.9 Å². The summed E-state index contributed by atoms with van der Waals surface area (Å²) in [5.41, 5.74) is 0.717. The molecule has 1 unspecified atom stereocenters. The highest BCUT2D eigenvalue weighted by Gasteiger charge is 2.73. The summed E-state index contributed by atoms with van der Waals surface area (Å²) < 4.78 is 33.5. The maximum atomic E-state index is 14.0. The number of hydrogen-bond donors (Lipinski definition) is 1. The molecule has 1 aliphatic heterocycles. The van der Waals surface area contributed by atoms with Crippen molar-refractivity contribution >= 4 is 34.9 Å². The van der Waals surface area contributed by atoms with Gasteiger partial charge in [0.05, 0.1) is 29.1 Å². The van der Waals surface area contributed by atoms with Crippen LogP contribution in [0, 0.1) is 11.2 Å². The van der Waals surface area contributed by atoms with E-state index in [0.29, 0.717) is 13.0 Å². The van der Waals surface area contributed by atoms with Crippen LogP contribution in [0.4, 0.5) is 4.39 Å². The molecular weight excluding hydrogens is 477 g/mol. The van der Waals surface area contributed by atoms with Crippen molar-refractivity contribution in [1.82, 2.24) is 9.62 Å². The molecule has 1 atom stereocenters. The minimum absolute atomic E-state index is 0.00526. The zero-order valence-corrected chi connectivity index (χ0v) is 21.1. The van der Waals surface area contributed by atoms with Crippen molar-refractivity contribution in [2.24, 2.45) is 10.4 Å². The molecule has 2 aromatic rings. The summed E-state index contributed by atoms with van der Waals surface area (Å²) in [6.45, 7) is 5.91. The number of rotatable bonds is 7. The van der Waals surface area contributed by atoms with E-state index in [4.69, 9.17) is 21.4 Å². The van der Waals surface area contributed by atoms with E-state index in [2.05, 4.69) is 23.9 Å². The molecule has 0 amide bonds. The summed E-state index contributed by atoms with van der Waals surface area (Å²) in [6.07, 6.45) is 2.78. The highest BCUT2D eigenvalue weighted by molar-refractivity contribution is 7.82. The van der Waals surface area contributed by atoms with Gasteiger partial charge in [0.1, 0.15) is 22.6 Å². The van der Waals surface area contributed by atoms with Crippen LogP contribution < -0.4 is 5.32 Å². The van der Waals surface area contributed by atoms with Crippen LogP contribution >= 0.6 is 11.6 Å². The van der Waals surface area contributed by atoms with Gasteiger partial charge < -0.3 is 10.1 Å². The number of carbonyl (C=O) groups excluding carboxylic acids is 1. The van der Waals surface area contributed by atoms with Crippen LogP contribution in [-0.4, -0.2) is 45.6 Å². The Morgan fingerprint density at radius 1 is 1.21 bits per heavy atom. The SMILES string of the molecule is CC1(C)CN=C(C23CC(N(Cc4ccc(Cl)c(F)c4)S(=O)c4ccccc4)(C2)C3)N1.COC=O. The van der Waals surface area contributed by atoms with Gasteiger partial charge in [0.2, 0.25) is 0 Å². The second kappa shape index (κ2) is 9.40. The van der Waals surface area contributed by atoms with Crippen LogP contribution in [0.25, 0.3) is 0 Å². The van der Waals surface area contributed by atoms with Gasteiger partial charge in [0.25, 0.3) is 6.47 Å². The Balaban J connectivity index is 0.000000636. The first-order valence-electron chi connectivity index (χ1n) is 11.1. The van der Waals surface area contributed by atoms with Crippen LogP contribution in [-0.2, 0) is 27.1 Å². The van der Waals surface area contributed by atoms with E-state index in [1.807, 2.05) is 40.7 Å². The first-order valence-corrected chi connectivity index (χ1v) is 12.6. The number of amidine groups is 1. The minimum atomic E-state index is -1.33. The van der Waals surface area contributed by atoms with E-state index < -0.39 is 16.8 Å². The standard InChI is InChI=1S/C23H25ClFN3OS.C2H4O2/c1-21(2)15-26-20(27-21)22-12-23(13-22,14-22)28(30(29)17-6-4-3-5-7-17)11-16-8-9-18(24)19(25)10-16;1-4-2-3/h3-10H,11-15H2,1-2H3,(H,26,27);2H,1H3. The lowest BCUT2D eigenvalue weighted by molar-refractivity contribution is -0.149. The normalized spacial score (nSPS) is 26.7. The van der Waals surface area contributed by atoms with Crippen LogP contribution in [0.5, 0.6) is 0 Å². The zero-order chi connectivity index (χ0) is 24.6. The molecule has 3 saturated carbocycles. The molecule has 6 nitrogen and oxygen atoms in total. The topological polar surface area (TPSA) is 71.0 Å². The Hall–Kier alpha value is -2.29. The Morgan fingerprint density at radius 3 is 2.38 bits per heavy atom. The smallest absolute Gasteiger partial charge is 0.292 e. The van der Waals surface area contributed by atoms with E-state index in [1.54, 1.807) is 6.07 Å².